The number of carboxylic acid groups (broad SMARTS) is 2. The molecular formula is C22H18F26N2O4. The van der Waals surface area contributed by atoms with E-state index in [0.29, 0.717) is 0 Å². The predicted octanol–water partition coefficient (Wildman–Crippen LogP) is 10.1. The van der Waals surface area contributed by atoms with E-state index in [4.69, 9.17) is 10.2 Å². The van der Waals surface area contributed by atoms with Gasteiger partial charge in [0, 0.05) is 19.4 Å². The summed E-state index contributed by atoms with van der Waals surface area (Å²) in [6.07, 6.45) is -35.7. The lowest BCUT2D eigenvalue weighted by Crippen LogP contribution is -2.72. The number of hydrogen-bond acceptors (Lipinski definition) is 2. The second kappa shape index (κ2) is 14.7. The number of amides is 2. The van der Waals surface area contributed by atoms with Crippen LogP contribution >= 0.6 is 0 Å². The quantitative estimate of drug-likeness (QED) is 0.0768. The Kier molecular flexibility index (Phi) is 13.8. The normalized spacial score (nSPS) is 15.7. The van der Waals surface area contributed by atoms with Crippen molar-refractivity contribution in [2.45, 2.75) is 116 Å². The molecule has 32 heteroatoms. The number of halogens is 26. The molecule has 0 aromatic rings. The van der Waals surface area contributed by atoms with E-state index >= 15 is 0 Å². The molecule has 6 nitrogen and oxygen atoms in total. The van der Waals surface area contributed by atoms with Gasteiger partial charge in [-0.2, -0.15) is 114 Å². The summed E-state index contributed by atoms with van der Waals surface area (Å²) in [6.45, 7) is -0.833. The molecule has 0 rings (SSSR count). The zero-order chi connectivity index (χ0) is 44.0. The van der Waals surface area contributed by atoms with Gasteiger partial charge in [-0.05, 0) is 12.8 Å². The molecule has 0 aliphatic carbocycles. The van der Waals surface area contributed by atoms with Gasteiger partial charge in [0.1, 0.15) is 0 Å². The third kappa shape index (κ3) is 8.58. The second-order valence-electron chi connectivity index (χ2n) is 11.1. The van der Waals surface area contributed by atoms with Crippen molar-refractivity contribution >= 4 is 12.2 Å². The molecule has 0 fully saturated rings. The first-order chi connectivity index (χ1) is 23.2. The van der Waals surface area contributed by atoms with Crippen LogP contribution < -0.4 is 10.6 Å². The average molecular weight is 868 g/mol. The fourth-order valence-corrected chi connectivity index (χ4v) is 4.25. The van der Waals surface area contributed by atoms with Crippen LogP contribution in [0.4, 0.5) is 124 Å². The summed E-state index contributed by atoms with van der Waals surface area (Å²) < 4.78 is 355. The lowest BCUT2D eigenvalue weighted by atomic mass is 9.76. The van der Waals surface area contributed by atoms with Crippen molar-refractivity contribution in [1.29, 1.82) is 0 Å². The van der Waals surface area contributed by atoms with E-state index in [2.05, 4.69) is 0 Å². The first-order valence-electron chi connectivity index (χ1n) is 13.1. The Labute approximate surface area is 280 Å². The SMILES string of the molecule is O=C(O)NCCCCCC(CC(F)(F)C(F)(F)C(F)(F)C(F)(F)C(F)(F)C(F)(F)F)(CC(F)(F)C(F)(F)C(F)(F)C(F)(F)C(F)(F)C(F)(F)F)NC(=O)O. The summed E-state index contributed by atoms with van der Waals surface area (Å²) in [7, 11) is 0. The van der Waals surface area contributed by atoms with Crippen molar-refractivity contribution in [3.8, 4) is 0 Å². The second-order valence-corrected chi connectivity index (χ2v) is 11.1. The van der Waals surface area contributed by atoms with Crippen molar-refractivity contribution in [2.75, 3.05) is 6.54 Å². The molecule has 0 atom stereocenters. The maximum absolute atomic E-state index is 14.8. The zero-order valence-corrected chi connectivity index (χ0v) is 25.0. The molecule has 0 radical (unpaired) electrons. The number of alkyl halides is 26. The fraction of sp³-hybridized carbons (Fsp3) is 0.909. The molecule has 0 unspecified atom stereocenters. The minimum Gasteiger partial charge on any atom is -0.465 e. The summed E-state index contributed by atoms with van der Waals surface area (Å²) in [5, 5.41) is 18.9. The third-order valence-corrected chi connectivity index (χ3v) is 7.10. The summed E-state index contributed by atoms with van der Waals surface area (Å²) in [4.78, 5) is 21.7. The summed E-state index contributed by atoms with van der Waals surface area (Å²) in [5.74, 6) is -84.4. The van der Waals surface area contributed by atoms with Crippen LogP contribution in [0.15, 0.2) is 0 Å². The van der Waals surface area contributed by atoms with Crippen LogP contribution in [0, 0.1) is 0 Å². The highest BCUT2D eigenvalue weighted by Gasteiger charge is 2.92. The van der Waals surface area contributed by atoms with Crippen LogP contribution in [0.1, 0.15) is 38.5 Å². The van der Waals surface area contributed by atoms with E-state index < -0.39 is 134 Å². The van der Waals surface area contributed by atoms with E-state index in [1.54, 1.807) is 0 Å². The maximum Gasteiger partial charge on any atom is 0.460 e. The molecule has 2 amide bonds. The van der Waals surface area contributed by atoms with Gasteiger partial charge >= 0.3 is 83.8 Å². The fourth-order valence-electron chi connectivity index (χ4n) is 4.25. The number of nitrogens with one attached hydrogen (secondary N) is 2. The molecule has 322 valence electrons. The molecule has 0 aromatic carbocycles. The first kappa shape index (κ1) is 50.7. The Morgan fingerprint density at radius 1 is 0.389 bits per heavy atom. The molecular weight excluding hydrogens is 850 g/mol. The molecule has 0 aliphatic rings. The molecule has 0 heterocycles. The van der Waals surface area contributed by atoms with Crippen LogP contribution in [0.2, 0.25) is 0 Å². The maximum atomic E-state index is 14.8. The van der Waals surface area contributed by atoms with Gasteiger partial charge in [-0.25, -0.2) is 9.59 Å². The Morgan fingerprint density at radius 3 is 0.944 bits per heavy atom. The monoisotopic (exact) mass is 868 g/mol. The Morgan fingerprint density at radius 2 is 0.685 bits per heavy atom. The lowest BCUT2D eigenvalue weighted by Gasteiger charge is -2.45. The predicted molar refractivity (Wildman–Crippen MR) is 119 cm³/mol. The van der Waals surface area contributed by atoms with Crippen LogP contribution in [0.3, 0.4) is 0 Å². The van der Waals surface area contributed by atoms with E-state index in [9.17, 15) is 124 Å². The minimum atomic E-state index is -8.79. The average Bonchev–Trinajstić information content (AvgIpc) is 2.91. The van der Waals surface area contributed by atoms with Crippen LogP contribution in [0.5, 0.6) is 0 Å². The van der Waals surface area contributed by atoms with Gasteiger partial charge in [0.2, 0.25) is 0 Å². The lowest BCUT2D eigenvalue weighted by molar-refractivity contribution is -0.443. The zero-order valence-electron chi connectivity index (χ0n) is 25.0. The standard InChI is InChI=1S/C22H18F26N2O4/c23-11(24,13(27,28)15(31,32)17(35,36)19(39,40)21(43,44)45)6-10(50-9(53)54,4-2-1-3-5-49-8(51)52)7-12(25,26)14(29,30)16(33,34)18(37,38)20(41,42)22(46,47)48/h49-50H,1-7H2,(H,51,52)(H,53,54). The van der Waals surface area contributed by atoms with E-state index in [-0.39, 0.29) is 5.32 Å². The highest BCUT2D eigenvalue weighted by molar-refractivity contribution is 5.65. The summed E-state index contributed by atoms with van der Waals surface area (Å²) in [6, 6.07) is 0. The number of unbranched alkanes of at least 4 members (excludes halogenated alkanes) is 2. The molecule has 0 saturated carbocycles. The van der Waals surface area contributed by atoms with Gasteiger partial charge in [0.15, 0.2) is 0 Å². The Balaban J connectivity index is 7.69. The largest absolute Gasteiger partial charge is 0.465 e. The third-order valence-electron chi connectivity index (χ3n) is 7.10. The molecule has 0 bridgehead atoms. The van der Waals surface area contributed by atoms with Gasteiger partial charge in [0.05, 0.1) is 5.54 Å². The molecule has 0 saturated heterocycles. The smallest absolute Gasteiger partial charge is 0.460 e. The Hall–Kier alpha value is -3.28. The van der Waals surface area contributed by atoms with Gasteiger partial charge in [0.25, 0.3) is 0 Å². The van der Waals surface area contributed by atoms with Gasteiger partial charge in [-0.3, -0.25) is 0 Å². The van der Waals surface area contributed by atoms with Crippen molar-refractivity contribution in [3.63, 3.8) is 0 Å². The minimum absolute atomic E-state index is 0.107. The highest BCUT2D eigenvalue weighted by Crippen LogP contribution is 2.64. The van der Waals surface area contributed by atoms with Gasteiger partial charge in [-0.15, -0.1) is 0 Å². The molecule has 54 heavy (non-hydrogen) atoms. The summed E-state index contributed by atoms with van der Waals surface area (Å²) >= 11 is 0. The van der Waals surface area contributed by atoms with Crippen LogP contribution in [0.25, 0.3) is 0 Å². The Bertz CT molecular complexity index is 1250. The van der Waals surface area contributed by atoms with Gasteiger partial charge < -0.3 is 20.8 Å². The first-order valence-corrected chi connectivity index (χ1v) is 13.1. The molecule has 4 N–H and O–H groups in total. The van der Waals surface area contributed by atoms with Crippen molar-refractivity contribution < 1.29 is 134 Å². The van der Waals surface area contributed by atoms with E-state index in [1.165, 1.54) is 5.32 Å². The van der Waals surface area contributed by atoms with Crippen LogP contribution in [-0.2, 0) is 0 Å². The van der Waals surface area contributed by atoms with Crippen molar-refractivity contribution in [1.82, 2.24) is 10.6 Å². The van der Waals surface area contributed by atoms with Crippen molar-refractivity contribution in [2.24, 2.45) is 0 Å². The number of hydrogen-bond donors (Lipinski definition) is 4. The molecule has 0 aliphatic heterocycles. The molecule has 0 aromatic heterocycles. The van der Waals surface area contributed by atoms with Crippen molar-refractivity contribution in [3.05, 3.63) is 0 Å². The topological polar surface area (TPSA) is 98.7 Å². The number of rotatable bonds is 19. The van der Waals surface area contributed by atoms with E-state index in [0.717, 1.165) is 0 Å². The van der Waals surface area contributed by atoms with Crippen LogP contribution in [-0.4, -0.2) is 106 Å². The highest BCUT2D eigenvalue weighted by atomic mass is 19.4. The van der Waals surface area contributed by atoms with E-state index in [1.807, 2.05) is 0 Å². The molecule has 0 spiro atoms. The number of carbonyl (C=O) groups is 2. The summed E-state index contributed by atoms with van der Waals surface area (Å²) in [5.41, 5.74) is -5.16. The van der Waals surface area contributed by atoms with Gasteiger partial charge in [-0.1, -0.05) is 12.8 Å².